The Bertz CT molecular complexity index is 252. The molecule has 0 rings (SSSR count). The molecule has 16 heavy (non-hydrogen) atoms. The van der Waals surface area contributed by atoms with Crippen LogP contribution in [0.5, 0.6) is 0 Å². The van der Waals surface area contributed by atoms with Crippen molar-refractivity contribution in [3.05, 3.63) is 0 Å². The molecule has 0 aromatic heterocycles. The standard InChI is InChI=1S/C14H26OSi/c1-5-6-8-11-14(15)12-9-7-10-13-16(2,3)4/h5-9,11-12H2,1-4H3. The van der Waals surface area contributed by atoms with Crippen LogP contribution in [-0.2, 0) is 4.79 Å². The van der Waals surface area contributed by atoms with Crippen molar-refractivity contribution >= 4 is 13.9 Å². The molecule has 0 fully saturated rings. The highest BCUT2D eigenvalue weighted by atomic mass is 28.3. The molecule has 0 amide bonds. The van der Waals surface area contributed by atoms with Gasteiger partial charge in [-0.25, -0.2) is 0 Å². The second kappa shape index (κ2) is 8.58. The van der Waals surface area contributed by atoms with Crippen LogP contribution in [0.3, 0.4) is 0 Å². The second-order valence-corrected chi connectivity index (χ2v) is 10.2. The fourth-order valence-corrected chi connectivity index (χ4v) is 2.05. The van der Waals surface area contributed by atoms with E-state index in [2.05, 4.69) is 38.0 Å². The molecule has 2 heteroatoms. The van der Waals surface area contributed by atoms with Gasteiger partial charge in [-0.3, -0.25) is 4.79 Å². The zero-order valence-electron chi connectivity index (χ0n) is 11.4. The summed E-state index contributed by atoms with van der Waals surface area (Å²) in [5.41, 5.74) is 3.33. The van der Waals surface area contributed by atoms with E-state index in [1.807, 2.05) is 0 Å². The lowest BCUT2D eigenvalue weighted by Gasteiger charge is -2.03. The lowest BCUT2D eigenvalue weighted by atomic mass is 10.1. The van der Waals surface area contributed by atoms with Gasteiger partial charge in [-0.2, -0.15) is 0 Å². The summed E-state index contributed by atoms with van der Waals surface area (Å²) in [7, 11) is -1.21. The van der Waals surface area contributed by atoms with Crippen LogP contribution in [0.4, 0.5) is 0 Å². The van der Waals surface area contributed by atoms with Crippen molar-refractivity contribution < 1.29 is 4.79 Å². The maximum absolute atomic E-state index is 11.4. The van der Waals surface area contributed by atoms with Crippen molar-refractivity contribution in [1.82, 2.24) is 0 Å². The molecule has 0 aliphatic heterocycles. The molecule has 0 N–H and O–H groups in total. The van der Waals surface area contributed by atoms with Crippen LogP contribution in [0, 0.1) is 11.5 Å². The van der Waals surface area contributed by atoms with Crippen LogP contribution in [0.2, 0.25) is 19.6 Å². The van der Waals surface area contributed by atoms with Crippen molar-refractivity contribution in [3.8, 4) is 11.5 Å². The molecule has 1 nitrogen and oxygen atoms in total. The minimum atomic E-state index is -1.21. The van der Waals surface area contributed by atoms with E-state index in [4.69, 9.17) is 0 Å². The van der Waals surface area contributed by atoms with E-state index >= 15 is 0 Å². The molecule has 0 heterocycles. The third-order valence-electron chi connectivity index (χ3n) is 2.28. The molecule has 0 unspecified atom stereocenters. The molecular weight excluding hydrogens is 212 g/mol. The number of hydrogen-bond donors (Lipinski definition) is 0. The largest absolute Gasteiger partial charge is 0.300 e. The Balaban J connectivity index is 3.50. The summed E-state index contributed by atoms with van der Waals surface area (Å²) in [4.78, 5) is 11.4. The maximum Gasteiger partial charge on any atom is 0.132 e. The van der Waals surface area contributed by atoms with Crippen LogP contribution in [-0.4, -0.2) is 13.9 Å². The van der Waals surface area contributed by atoms with E-state index in [-0.39, 0.29) is 0 Å². The summed E-state index contributed by atoms with van der Waals surface area (Å²) >= 11 is 0. The minimum absolute atomic E-state index is 0.420. The number of carbonyl (C=O) groups is 1. The van der Waals surface area contributed by atoms with Crippen LogP contribution < -0.4 is 0 Å². The van der Waals surface area contributed by atoms with Gasteiger partial charge in [-0.05, 0) is 12.8 Å². The van der Waals surface area contributed by atoms with Crippen LogP contribution in [0.15, 0.2) is 0 Å². The van der Waals surface area contributed by atoms with Crippen LogP contribution in [0.1, 0.15) is 51.9 Å². The Morgan fingerprint density at radius 2 is 1.69 bits per heavy atom. The first-order chi connectivity index (χ1) is 7.45. The van der Waals surface area contributed by atoms with Gasteiger partial charge in [0.25, 0.3) is 0 Å². The van der Waals surface area contributed by atoms with Crippen molar-refractivity contribution in [2.45, 2.75) is 71.5 Å². The normalized spacial score (nSPS) is 10.8. The van der Waals surface area contributed by atoms with E-state index in [0.29, 0.717) is 5.78 Å². The van der Waals surface area contributed by atoms with Gasteiger partial charge >= 0.3 is 0 Å². The molecule has 0 saturated carbocycles. The molecule has 0 bridgehead atoms. The maximum atomic E-state index is 11.4. The number of rotatable bonds is 7. The first-order valence-electron chi connectivity index (χ1n) is 6.47. The van der Waals surface area contributed by atoms with Gasteiger partial charge in [0.2, 0.25) is 0 Å². The average molecular weight is 238 g/mol. The molecule has 0 spiro atoms. The minimum Gasteiger partial charge on any atom is -0.300 e. The Morgan fingerprint density at radius 1 is 1.06 bits per heavy atom. The zero-order valence-corrected chi connectivity index (χ0v) is 12.4. The van der Waals surface area contributed by atoms with Gasteiger partial charge in [-0.15, -0.1) is 11.5 Å². The molecule has 0 radical (unpaired) electrons. The zero-order chi connectivity index (χ0) is 12.4. The molecular formula is C14H26OSi. The molecule has 0 aromatic carbocycles. The predicted octanol–water partition coefficient (Wildman–Crippen LogP) is 4.19. The quantitative estimate of drug-likeness (QED) is 0.369. The number of ketones is 1. The number of hydrogen-bond acceptors (Lipinski definition) is 1. The Morgan fingerprint density at radius 3 is 2.25 bits per heavy atom. The smallest absolute Gasteiger partial charge is 0.132 e. The Hall–Kier alpha value is -0.553. The first kappa shape index (κ1) is 15.4. The topological polar surface area (TPSA) is 17.1 Å². The summed E-state index contributed by atoms with van der Waals surface area (Å²) in [5.74, 6) is 3.63. The molecule has 0 aliphatic carbocycles. The number of unbranched alkanes of at least 4 members (excludes halogenated alkanes) is 3. The van der Waals surface area contributed by atoms with Gasteiger partial charge in [0.15, 0.2) is 0 Å². The fourth-order valence-electron chi connectivity index (χ4n) is 1.40. The fraction of sp³-hybridized carbons (Fsp3) is 0.786. The highest BCUT2D eigenvalue weighted by Crippen LogP contribution is 2.05. The molecule has 0 aromatic rings. The van der Waals surface area contributed by atoms with Gasteiger partial charge in [0, 0.05) is 19.3 Å². The van der Waals surface area contributed by atoms with Crippen molar-refractivity contribution in [2.75, 3.05) is 0 Å². The second-order valence-electron chi connectivity index (χ2n) is 5.40. The van der Waals surface area contributed by atoms with E-state index in [1.165, 1.54) is 12.8 Å². The number of Topliss-reactive ketones (excluding diaryl/α,β-unsaturated/α-hetero) is 1. The third-order valence-corrected chi connectivity index (χ3v) is 3.21. The summed E-state index contributed by atoms with van der Waals surface area (Å²) in [6.45, 7) is 8.90. The molecule has 0 aliphatic rings. The average Bonchev–Trinajstić information content (AvgIpc) is 2.16. The van der Waals surface area contributed by atoms with Gasteiger partial charge in [-0.1, -0.05) is 39.4 Å². The van der Waals surface area contributed by atoms with Gasteiger partial charge in [0.1, 0.15) is 13.9 Å². The highest BCUT2D eigenvalue weighted by molar-refractivity contribution is 6.83. The summed E-state index contributed by atoms with van der Waals surface area (Å²) in [5, 5.41) is 0. The van der Waals surface area contributed by atoms with Crippen LogP contribution in [0.25, 0.3) is 0 Å². The van der Waals surface area contributed by atoms with Crippen molar-refractivity contribution in [3.63, 3.8) is 0 Å². The summed E-state index contributed by atoms with van der Waals surface area (Å²) in [6.07, 6.45) is 6.78. The summed E-state index contributed by atoms with van der Waals surface area (Å²) in [6, 6.07) is 0. The van der Waals surface area contributed by atoms with Gasteiger partial charge in [0.05, 0.1) is 0 Å². The van der Waals surface area contributed by atoms with Crippen molar-refractivity contribution in [1.29, 1.82) is 0 Å². The highest BCUT2D eigenvalue weighted by Gasteiger charge is 2.07. The van der Waals surface area contributed by atoms with Crippen molar-refractivity contribution in [2.24, 2.45) is 0 Å². The summed E-state index contributed by atoms with van der Waals surface area (Å²) < 4.78 is 0. The Kier molecular flexibility index (Phi) is 8.29. The molecule has 92 valence electrons. The first-order valence-corrected chi connectivity index (χ1v) is 9.97. The lowest BCUT2D eigenvalue weighted by molar-refractivity contribution is -0.119. The lowest BCUT2D eigenvalue weighted by Crippen LogP contribution is -2.16. The van der Waals surface area contributed by atoms with E-state index < -0.39 is 8.07 Å². The number of carbonyl (C=O) groups excluding carboxylic acids is 1. The van der Waals surface area contributed by atoms with E-state index in [9.17, 15) is 4.79 Å². The SMILES string of the molecule is CCCCCC(=O)CCCC#C[Si](C)(C)C. The van der Waals surface area contributed by atoms with Crippen LogP contribution >= 0.6 is 0 Å². The monoisotopic (exact) mass is 238 g/mol. The van der Waals surface area contributed by atoms with E-state index in [0.717, 1.165) is 32.1 Å². The predicted molar refractivity (Wildman–Crippen MR) is 74.1 cm³/mol. The molecule has 0 atom stereocenters. The third kappa shape index (κ3) is 11.5. The Labute approximate surface area is 102 Å². The molecule has 0 saturated heterocycles. The van der Waals surface area contributed by atoms with E-state index in [1.54, 1.807) is 0 Å². The van der Waals surface area contributed by atoms with Gasteiger partial charge < -0.3 is 0 Å².